The summed E-state index contributed by atoms with van der Waals surface area (Å²) in [6.07, 6.45) is 2.99. The molecule has 0 spiro atoms. The quantitative estimate of drug-likeness (QED) is 0.769. The van der Waals surface area contributed by atoms with Crippen molar-refractivity contribution in [3.63, 3.8) is 0 Å². The summed E-state index contributed by atoms with van der Waals surface area (Å²) in [5.74, 6) is -0.399. The molecule has 0 saturated carbocycles. The lowest BCUT2D eigenvalue weighted by molar-refractivity contribution is -0.132. The van der Waals surface area contributed by atoms with Crippen molar-refractivity contribution >= 4 is 40.7 Å². The van der Waals surface area contributed by atoms with Gasteiger partial charge < -0.3 is 10.2 Å². The molecule has 0 bridgehead atoms. The molecule has 0 aliphatic rings. The zero-order chi connectivity index (χ0) is 15.8. The first-order valence-electron chi connectivity index (χ1n) is 6.95. The Morgan fingerprint density at radius 3 is 2.57 bits per heavy atom. The van der Waals surface area contributed by atoms with Crippen molar-refractivity contribution in [3.05, 3.63) is 28.2 Å². The van der Waals surface area contributed by atoms with Crippen LogP contribution in [0.3, 0.4) is 0 Å². The van der Waals surface area contributed by atoms with Crippen molar-refractivity contribution in [1.29, 1.82) is 0 Å². The van der Waals surface area contributed by atoms with Crippen LogP contribution >= 0.6 is 23.2 Å². The molecule has 1 aromatic carbocycles. The van der Waals surface area contributed by atoms with Gasteiger partial charge in [-0.15, -0.1) is 0 Å². The molecule has 0 unspecified atom stereocenters. The lowest BCUT2D eigenvalue weighted by atomic mass is 10.2. The lowest BCUT2D eigenvalue weighted by Crippen LogP contribution is -2.37. The van der Waals surface area contributed by atoms with Gasteiger partial charge in [-0.1, -0.05) is 49.0 Å². The molecule has 6 heteroatoms. The molecule has 0 atom stereocenters. The number of nitrogens with zero attached hydrogens (tertiary/aromatic N) is 1. The monoisotopic (exact) mass is 330 g/mol. The zero-order valence-corrected chi connectivity index (χ0v) is 13.8. The highest BCUT2D eigenvalue weighted by Gasteiger charge is 2.14. The predicted molar refractivity (Wildman–Crippen MR) is 86.9 cm³/mol. The molecule has 0 aromatic heterocycles. The van der Waals surface area contributed by atoms with Crippen LogP contribution in [-0.2, 0) is 9.59 Å². The van der Waals surface area contributed by atoms with Crippen molar-refractivity contribution in [2.45, 2.75) is 33.1 Å². The van der Waals surface area contributed by atoms with E-state index in [-0.39, 0.29) is 18.4 Å². The maximum absolute atomic E-state index is 12.0. The topological polar surface area (TPSA) is 49.4 Å². The summed E-state index contributed by atoms with van der Waals surface area (Å²) in [6.45, 7) is 4.15. The number of rotatable bonds is 7. The minimum absolute atomic E-state index is 0.0158. The molecule has 0 saturated heterocycles. The van der Waals surface area contributed by atoms with Gasteiger partial charge in [-0.3, -0.25) is 9.59 Å². The second kappa shape index (κ2) is 8.90. The Morgan fingerprint density at radius 2 is 1.95 bits per heavy atom. The molecule has 0 aliphatic heterocycles. The van der Waals surface area contributed by atoms with Crippen LogP contribution in [0, 0.1) is 0 Å². The van der Waals surface area contributed by atoms with Gasteiger partial charge in [0.15, 0.2) is 0 Å². The van der Waals surface area contributed by atoms with Gasteiger partial charge in [0.25, 0.3) is 0 Å². The van der Waals surface area contributed by atoms with E-state index in [9.17, 15) is 9.59 Å². The Bertz CT molecular complexity index is 506. The number of carbonyl (C=O) groups excluding carboxylic acids is 2. The minimum Gasteiger partial charge on any atom is -0.334 e. The highest BCUT2D eigenvalue weighted by Crippen LogP contribution is 2.29. The first-order valence-corrected chi connectivity index (χ1v) is 7.70. The van der Waals surface area contributed by atoms with Crippen LogP contribution in [0.5, 0.6) is 0 Å². The van der Waals surface area contributed by atoms with Crippen LogP contribution < -0.4 is 5.32 Å². The molecule has 0 heterocycles. The largest absolute Gasteiger partial charge is 0.334 e. The van der Waals surface area contributed by atoms with Crippen LogP contribution in [0.25, 0.3) is 0 Å². The van der Waals surface area contributed by atoms with E-state index in [4.69, 9.17) is 23.2 Å². The van der Waals surface area contributed by atoms with Crippen LogP contribution in [-0.4, -0.2) is 29.8 Å². The molecule has 116 valence electrons. The molecule has 4 nitrogen and oxygen atoms in total. The van der Waals surface area contributed by atoms with Crippen LogP contribution in [0.15, 0.2) is 18.2 Å². The predicted octanol–water partition coefficient (Wildman–Crippen LogP) is 3.97. The van der Waals surface area contributed by atoms with Gasteiger partial charge in [0.2, 0.25) is 11.8 Å². The smallest absolute Gasteiger partial charge is 0.244 e. The normalized spacial score (nSPS) is 10.3. The molecule has 1 rings (SSSR count). The molecule has 0 radical (unpaired) electrons. The average Bonchev–Trinajstić information content (AvgIpc) is 2.43. The van der Waals surface area contributed by atoms with E-state index in [0.717, 1.165) is 19.3 Å². The third-order valence-electron chi connectivity index (χ3n) is 3.04. The van der Waals surface area contributed by atoms with Crippen molar-refractivity contribution in [2.75, 3.05) is 18.4 Å². The fraction of sp³-hybridized carbons (Fsp3) is 0.467. The Balaban J connectivity index is 2.61. The van der Waals surface area contributed by atoms with E-state index >= 15 is 0 Å². The molecular formula is C15H20Cl2N2O2. The summed E-state index contributed by atoms with van der Waals surface area (Å²) in [7, 11) is 0. The number of hydrogen-bond acceptors (Lipinski definition) is 2. The first-order chi connectivity index (χ1) is 9.95. The maximum Gasteiger partial charge on any atom is 0.244 e. The van der Waals surface area contributed by atoms with Gasteiger partial charge in [0, 0.05) is 13.5 Å². The molecular weight excluding hydrogens is 311 g/mol. The molecule has 1 aromatic rings. The summed E-state index contributed by atoms with van der Waals surface area (Å²) in [4.78, 5) is 25.1. The second-order valence-corrected chi connectivity index (χ2v) is 5.58. The fourth-order valence-electron chi connectivity index (χ4n) is 1.86. The van der Waals surface area contributed by atoms with E-state index in [0.29, 0.717) is 22.3 Å². The summed E-state index contributed by atoms with van der Waals surface area (Å²) in [5.41, 5.74) is 0.450. The molecule has 1 N–H and O–H groups in total. The van der Waals surface area contributed by atoms with E-state index in [1.807, 2.05) is 0 Å². The lowest BCUT2D eigenvalue weighted by Gasteiger charge is -2.20. The van der Waals surface area contributed by atoms with Gasteiger partial charge in [0.1, 0.15) is 0 Å². The number of carbonyl (C=O) groups is 2. The summed E-state index contributed by atoms with van der Waals surface area (Å²) < 4.78 is 0. The third kappa shape index (κ3) is 5.94. The third-order valence-corrected chi connectivity index (χ3v) is 3.86. The fourth-order valence-corrected chi connectivity index (χ4v) is 2.21. The number of anilines is 1. The van der Waals surface area contributed by atoms with Crippen LogP contribution in [0.2, 0.25) is 10.0 Å². The van der Waals surface area contributed by atoms with E-state index < -0.39 is 0 Å². The summed E-state index contributed by atoms with van der Waals surface area (Å²) in [5, 5.41) is 3.35. The van der Waals surface area contributed by atoms with Crippen LogP contribution in [0.4, 0.5) is 5.69 Å². The zero-order valence-electron chi connectivity index (χ0n) is 12.3. The Kier molecular flexibility index (Phi) is 7.54. The van der Waals surface area contributed by atoms with Crippen molar-refractivity contribution in [2.24, 2.45) is 0 Å². The number of amides is 2. The van der Waals surface area contributed by atoms with E-state index in [1.54, 1.807) is 18.2 Å². The molecule has 21 heavy (non-hydrogen) atoms. The molecule has 2 amide bonds. The molecule has 0 aliphatic carbocycles. The van der Waals surface area contributed by atoms with Gasteiger partial charge >= 0.3 is 0 Å². The Hall–Kier alpha value is -1.26. The standard InChI is InChI=1S/C15H20Cl2N2O2/c1-3-4-5-9-19(11(2)20)10-14(21)18-13-8-6-7-12(16)15(13)17/h6-8H,3-5,9-10H2,1-2H3,(H,18,21). The Labute approximate surface area is 135 Å². The summed E-state index contributed by atoms with van der Waals surface area (Å²) in [6, 6.07) is 5.02. The maximum atomic E-state index is 12.0. The number of halogens is 2. The van der Waals surface area contributed by atoms with Gasteiger partial charge in [0.05, 0.1) is 22.3 Å². The number of unbranched alkanes of at least 4 members (excludes halogenated alkanes) is 2. The molecule has 0 fully saturated rings. The van der Waals surface area contributed by atoms with Crippen molar-refractivity contribution < 1.29 is 9.59 Å². The first kappa shape index (κ1) is 17.8. The highest BCUT2D eigenvalue weighted by atomic mass is 35.5. The van der Waals surface area contributed by atoms with Gasteiger partial charge in [-0.05, 0) is 18.6 Å². The van der Waals surface area contributed by atoms with Crippen molar-refractivity contribution in [1.82, 2.24) is 4.90 Å². The van der Waals surface area contributed by atoms with Crippen molar-refractivity contribution in [3.8, 4) is 0 Å². The van der Waals surface area contributed by atoms with Gasteiger partial charge in [-0.25, -0.2) is 0 Å². The number of benzene rings is 1. The van der Waals surface area contributed by atoms with E-state index in [1.165, 1.54) is 11.8 Å². The SMILES string of the molecule is CCCCCN(CC(=O)Nc1cccc(Cl)c1Cl)C(C)=O. The summed E-state index contributed by atoms with van der Waals surface area (Å²) >= 11 is 11.9. The highest BCUT2D eigenvalue weighted by molar-refractivity contribution is 6.44. The van der Waals surface area contributed by atoms with Crippen LogP contribution in [0.1, 0.15) is 33.1 Å². The second-order valence-electron chi connectivity index (χ2n) is 4.80. The van der Waals surface area contributed by atoms with Gasteiger partial charge in [-0.2, -0.15) is 0 Å². The average molecular weight is 331 g/mol. The minimum atomic E-state index is -0.286. The Morgan fingerprint density at radius 1 is 1.24 bits per heavy atom. The number of hydrogen-bond donors (Lipinski definition) is 1. The number of nitrogens with one attached hydrogen (secondary N) is 1. The van der Waals surface area contributed by atoms with E-state index in [2.05, 4.69) is 12.2 Å².